The Morgan fingerprint density at radius 2 is 1.76 bits per heavy atom. The second kappa shape index (κ2) is 6.25. The summed E-state index contributed by atoms with van der Waals surface area (Å²) in [5.41, 5.74) is 0.465. The molecule has 112 valence electrons. The molecular weight excluding hydrogens is 274 g/mol. The third-order valence-electron chi connectivity index (χ3n) is 3.11. The van der Waals surface area contributed by atoms with Crippen LogP contribution in [0.2, 0.25) is 0 Å². The second-order valence-electron chi connectivity index (χ2n) is 4.31. The number of hydrogen-bond donors (Lipinski definition) is 0. The number of nitrogens with zero attached hydrogens (tertiary/aromatic N) is 3. The number of carbonyl (C=O) groups excluding carboxylic acids is 1. The van der Waals surface area contributed by atoms with Crippen molar-refractivity contribution in [2.24, 2.45) is 7.05 Å². The third-order valence-corrected chi connectivity index (χ3v) is 3.11. The Labute approximate surface area is 122 Å². The van der Waals surface area contributed by atoms with Gasteiger partial charge in [-0.15, -0.1) is 0 Å². The highest BCUT2D eigenvalue weighted by molar-refractivity contribution is 5.98. The van der Waals surface area contributed by atoms with Crippen molar-refractivity contribution in [2.45, 2.75) is 6.42 Å². The molecule has 1 aromatic carbocycles. The molecular formula is C14H17N3O4. The number of rotatable bonds is 6. The summed E-state index contributed by atoms with van der Waals surface area (Å²) in [6.45, 7) is 0. The van der Waals surface area contributed by atoms with E-state index in [4.69, 9.17) is 14.2 Å². The van der Waals surface area contributed by atoms with Crippen LogP contribution in [0.15, 0.2) is 18.5 Å². The molecule has 0 aliphatic rings. The minimum Gasteiger partial charge on any atom is -0.493 e. The summed E-state index contributed by atoms with van der Waals surface area (Å²) in [5.74, 6) is 1.82. The first kappa shape index (κ1) is 14.8. The number of carbonyl (C=O) groups is 1. The molecule has 0 radical (unpaired) electrons. The van der Waals surface area contributed by atoms with E-state index in [0.717, 1.165) is 0 Å². The number of ketones is 1. The minimum absolute atomic E-state index is 0.106. The monoisotopic (exact) mass is 291 g/mol. The summed E-state index contributed by atoms with van der Waals surface area (Å²) >= 11 is 0. The maximum absolute atomic E-state index is 12.4. The van der Waals surface area contributed by atoms with Crippen molar-refractivity contribution in [2.75, 3.05) is 21.3 Å². The molecule has 0 bridgehead atoms. The van der Waals surface area contributed by atoms with Gasteiger partial charge in [0.2, 0.25) is 5.75 Å². The molecule has 21 heavy (non-hydrogen) atoms. The second-order valence-corrected chi connectivity index (χ2v) is 4.31. The van der Waals surface area contributed by atoms with Gasteiger partial charge in [-0.1, -0.05) is 0 Å². The van der Waals surface area contributed by atoms with Gasteiger partial charge < -0.3 is 14.2 Å². The lowest BCUT2D eigenvalue weighted by Crippen LogP contribution is -2.10. The van der Waals surface area contributed by atoms with E-state index in [1.807, 2.05) is 0 Å². The number of aryl methyl sites for hydroxylation is 1. The van der Waals surface area contributed by atoms with E-state index < -0.39 is 0 Å². The predicted molar refractivity (Wildman–Crippen MR) is 75.1 cm³/mol. The van der Waals surface area contributed by atoms with Crippen LogP contribution in [0.4, 0.5) is 0 Å². The standard InChI is InChI=1S/C14H17N3O4/c1-17-13(15-8-16-17)7-10(18)9-5-11(19-2)14(21-4)12(6-9)20-3/h5-6,8H,7H2,1-4H3. The lowest BCUT2D eigenvalue weighted by atomic mass is 10.1. The van der Waals surface area contributed by atoms with Crippen molar-refractivity contribution in [1.29, 1.82) is 0 Å². The van der Waals surface area contributed by atoms with E-state index >= 15 is 0 Å². The van der Waals surface area contributed by atoms with Gasteiger partial charge in [-0.05, 0) is 12.1 Å². The maximum atomic E-state index is 12.4. The molecule has 0 atom stereocenters. The molecule has 0 saturated heterocycles. The summed E-state index contributed by atoms with van der Waals surface area (Å²) in [6.07, 6.45) is 1.56. The first-order valence-electron chi connectivity index (χ1n) is 6.26. The zero-order chi connectivity index (χ0) is 15.4. The summed E-state index contributed by atoms with van der Waals surface area (Å²) in [5, 5.41) is 3.94. The Morgan fingerprint density at radius 3 is 2.19 bits per heavy atom. The van der Waals surface area contributed by atoms with E-state index in [2.05, 4.69) is 10.1 Å². The van der Waals surface area contributed by atoms with Gasteiger partial charge in [0.25, 0.3) is 0 Å². The van der Waals surface area contributed by atoms with Crippen LogP contribution >= 0.6 is 0 Å². The summed E-state index contributed by atoms with van der Waals surface area (Å²) in [7, 11) is 6.27. The molecule has 7 nitrogen and oxygen atoms in total. The first-order chi connectivity index (χ1) is 10.1. The predicted octanol–water partition coefficient (Wildman–Crippen LogP) is 1.27. The average Bonchev–Trinajstić information content (AvgIpc) is 2.90. The van der Waals surface area contributed by atoms with E-state index in [9.17, 15) is 4.79 Å². The molecule has 1 aromatic heterocycles. The van der Waals surface area contributed by atoms with Gasteiger partial charge in [-0.3, -0.25) is 9.48 Å². The quantitative estimate of drug-likeness (QED) is 0.746. The van der Waals surface area contributed by atoms with E-state index in [-0.39, 0.29) is 12.2 Å². The first-order valence-corrected chi connectivity index (χ1v) is 6.26. The van der Waals surface area contributed by atoms with Crippen molar-refractivity contribution < 1.29 is 19.0 Å². The molecule has 0 aliphatic carbocycles. The zero-order valence-corrected chi connectivity index (χ0v) is 12.4. The Morgan fingerprint density at radius 1 is 1.14 bits per heavy atom. The molecule has 1 heterocycles. The molecule has 0 aliphatic heterocycles. The van der Waals surface area contributed by atoms with E-state index in [1.54, 1.807) is 23.9 Å². The maximum Gasteiger partial charge on any atom is 0.203 e. The molecule has 0 spiro atoms. The smallest absolute Gasteiger partial charge is 0.203 e. The zero-order valence-electron chi connectivity index (χ0n) is 12.4. The summed E-state index contributed by atoms with van der Waals surface area (Å²) in [6, 6.07) is 3.25. The highest BCUT2D eigenvalue weighted by Gasteiger charge is 2.18. The van der Waals surface area contributed by atoms with Crippen molar-refractivity contribution in [3.63, 3.8) is 0 Å². The minimum atomic E-state index is -0.106. The van der Waals surface area contributed by atoms with Gasteiger partial charge >= 0.3 is 0 Å². The number of benzene rings is 1. The molecule has 2 aromatic rings. The lowest BCUT2D eigenvalue weighted by molar-refractivity contribution is 0.0989. The SMILES string of the molecule is COc1cc(C(=O)Cc2ncnn2C)cc(OC)c1OC. The van der Waals surface area contributed by atoms with E-state index in [1.165, 1.54) is 27.7 Å². The molecule has 0 N–H and O–H groups in total. The molecule has 0 fully saturated rings. The van der Waals surface area contributed by atoms with Crippen LogP contribution in [-0.2, 0) is 13.5 Å². The summed E-state index contributed by atoms with van der Waals surface area (Å²) in [4.78, 5) is 16.4. The Hall–Kier alpha value is -2.57. The molecule has 0 unspecified atom stereocenters. The number of methoxy groups -OCH3 is 3. The fourth-order valence-electron chi connectivity index (χ4n) is 1.97. The molecule has 0 saturated carbocycles. The third kappa shape index (κ3) is 2.96. The van der Waals surface area contributed by atoms with Crippen LogP contribution in [-0.4, -0.2) is 41.9 Å². The van der Waals surface area contributed by atoms with Crippen LogP contribution in [0.1, 0.15) is 16.2 Å². The Balaban J connectivity index is 2.35. The average molecular weight is 291 g/mol. The topological polar surface area (TPSA) is 75.5 Å². The normalized spacial score (nSPS) is 10.3. The van der Waals surface area contributed by atoms with Gasteiger partial charge in [-0.2, -0.15) is 5.10 Å². The van der Waals surface area contributed by atoms with Crippen LogP contribution in [0.25, 0.3) is 0 Å². The van der Waals surface area contributed by atoms with Crippen LogP contribution < -0.4 is 14.2 Å². The number of hydrogen-bond acceptors (Lipinski definition) is 6. The van der Waals surface area contributed by atoms with Crippen LogP contribution in [0.5, 0.6) is 17.2 Å². The van der Waals surface area contributed by atoms with Gasteiger partial charge in [0.1, 0.15) is 12.2 Å². The van der Waals surface area contributed by atoms with Crippen molar-refractivity contribution in [3.8, 4) is 17.2 Å². The number of ether oxygens (including phenoxy) is 3. The number of aromatic nitrogens is 3. The fraction of sp³-hybridized carbons (Fsp3) is 0.357. The fourth-order valence-corrected chi connectivity index (χ4v) is 1.97. The molecule has 2 rings (SSSR count). The Kier molecular flexibility index (Phi) is 4.42. The molecule has 0 amide bonds. The van der Waals surface area contributed by atoms with Crippen LogP contribution in [0, 0.1) is 0 Å². The molecule has 7 heteroatoms. The van der Waals surface area contributed by atoms with Crippen molar-refractivity contribution in [1.82, 2.24) is 14.8 Å². The lowest BCUT2D eigenvalue weighted by Gasteiger charge is -2.13. The van der Waals surface area contributed by atoms with E-state index in [0.29, 0.717) is 28.6 Å². The highest BCUT2D eigenvalue weighted by Crippen LogP contribution is 2.38. The van der Waals surface area contributed by atoms with Crippen molar-refractivity contribution in [3.05, 3.63) is 29.8 Å². The summed E-state index contributed by atoms with van der Waals surface area (Å²) < 4.78 is 17.3. The van der Waals surface area contributed by atoms with Crippen LogP contribution in [0.3, 0.4) is 0 Å². The highest BCUT2D eigenvalue weighted by atomic mass is 16.5. The van der Waals surface area contributed by atoms with Gasteiger partial charge in [0.05, 0.1) is 27.8 Å². The van der Waals surface area contributed by atoms with Crippen molar-refractivity contribution >= 4 is 5.78 Å². The van der Waals surface area contributed by atoms with Gasteiger partial charge in [0.15, 0.2) is 17.3 Å². The Bertz CT molecular complexity index is 626. The number of Topliss-reactive ketones (excluding diaryl/α,β-unsaturated/α-hetero) is 1. The van der Waals surface area contributed by atoms with Gasteiger partial charge in [0, 0.05) is 12.6 Å². The van der Waals surface area contributed by atoms with Gasteiger partial charge in [-0.25, -0.2) is 4.98 Å². The largest absolute Gasteiger partial charge is 0.493 e.